The largest absolute Gasteiger partial charge is 0.493 e. The first-order valence-electron chi connectivity index (χ1n) is 12.1. The first kappa shape index (κ1) is 29.8. The molecule has 38 heavy (non-hydrogen) atoms. The molecule has 11 heteroatoms. The highest BCUT2D eigenvalue weighted by Crippen LogP contribution is 2.37. The van der Waals surface area contributed by atoms with E-state index >= 15 is 0 Å². The predicted octanol–water partition coefficient (Wildman–Crippen LogP) is 1.38. The number of hydrogen-bond donors (Lipinski definition) is 4. The van der Waals surface area contributed by atoms with Crippen LogP contribution in [0.15, 0.2) is 54.1 Å². The van der Waals surface area contributed by atoms with Gasteiger partial charge in [0.15, 0.2) is 11.5 Å². The summed E-state index contributed by atoms with van der Waals surface area (Å²) in [7, 11) is 2.88. The van der Waals surface area contributed by atoms with Crippen molar-refractivity contribution in [1.82, 2.24) is 10.2 Å². The Hall–Kier alpha value is -2.71. The minimum Gasteiger partial charge on any atom is -0.493 e. The molecule has 0 saturated heterocycles. The number of halogens is 1. The van der Waals surface area contributed by atoms with Gasteiger partial charge in [0.05, 0.1) is 29.9 Å². The predicted molar refractivity (Wildman–Crippen MR) is 148 cm³/mol. The maximum Gasteiger partial charge on any atom is 0.249 e. The molecule has 3 atom stereocenters. The molecular weight excluding hydrogens is 607 g/mol. The topological polar surface area (TPSA) is 138 Å². The molecule has 10 nitrogen and oxygen atoms in total. The van der Waals surface area contributed by atoms with Gasteiger partial charge in [0.2, 0.25) is 11.8 Å². The number of nitrogens with zero attached hydrogens (tertiary/aromatic N) is 1. The average Bonchev–Trinajstić information content (AvgIpc) is 2.93. The van der Waals surface area contributed by atoms with Crippen molar-refractivity contribution < 1.29 is 39.1 Å². The number of ether oxygens (including phenoxy) is 3. The lowest BCUT2D eigenvalue weighted by Gasteiger charge is -2.40. The fourth-order valence-electron chi connectivity index (χ4n) is 4.27. The van der Waals surface area contributed by atoms with Gasteiger partial charge in [-0.15, -0.1) is 0 Å². The van der Waals surface area contributed by atoms with Gasteiger partial charge in [0.25, 0.3) is 0 Å². The SMILES string of the molecule is COCC(=O)N(Cc1ccccc1)C1CC(C(=O)NCCO)=CC(Oc2c(I)cc(CO)cc2OC)C1O. The van der Waals surface area contributed by atoms with Crippen LogP contribution in [0.4, 0.5) is 0 Å². The number of benzene rings is 2. The molecule has 0 radical (unpaired) electrons. The van der Waals surface area contributed by atoms with E-state index in [1.54, 1.807) is 12.1 Å². The summed E-state index contributed by atoms with van der Waals surface area (Å²) in [6.07, 6.45) is -0.616. The van der Waals surface area contributed by atoms with Crippen molar-refractivity contribution in [1.29, 1.82) is 0 Å². The van der Waals surface area contributed by atoms with Crippen molar-refractivity contribution in [2.75, 3.05) is 34.0 Å². The number of hydrogen-bond acceptors (Lipinski definition) is 8. The van der Waals surface area contributed by atoms with E-state index < -0.39 is 24.2 Å². The first-order chi connectivity index (χ1) is 18.3. The van der Waals surface area contributed by atoms with E-state index in [9.17, 15) is 24.9 Å². The Morgan fingerprint density at radius 1 is 1.13 bits per heavy atom. The molecule has 0 aromatic heterocycles. The van der Waals surface area contributed by atoms with E-state index in [-0.39, 0.29) is 45.2 Å². The minimum absolute atomic E-state index is 0.0552. The number of aliphatic hydroxyl groups is 3. The van der Waals surface area contributed by atoms with Crippen molar-refractivity contribution in [3.8, 4) is 11.5 Å². The number of amides is 2. The summed E-state index contributed by atoms with van der Waals surface area (Å²) in [5.41, 5.74) is 1.78. The van der Waals surface area contributed by atoms with E-state index in [4.69, 9.17) is 14.2 Å². The molecule has 0 aliphatic heterocycles. The van der Waals surface area contributed by atoms with Crippen molar-refractivity contribution in [2.45, 2.75) is 37.8 Å². The van der Waals surface area contributed by atoms with Crippen LogP contribution in [0.3, 0.4) is 0 Å². The Kier molecular flexibility index (Phi) is 11.3. The zero-order valence-corrected chi connectivity index (χ0v) is 23.5. The van der Waals surface area contributed by atoms with Crippen LogP contribution in [0.2, 0.25) is 0 Å². The monoisotopic (exact) mass is 640 g/mol. The van der Waals surface area contributed by atoms with Crippen LogP contribution in [-0.2, 0) is 27.5 Å². The number of carbonyl (C=O) groups excluding carboxylic acids is 2. The maximum atomic E-state index is 13.2. The summed E-state index contributed by atoms with van der Waals surface area (Å²) in [6.45, 7) is -0.379. The van der Waals surface area contributed by atoms with Crippen molar-refractivity contribution >= 4 is 34.4 Å². The van der Waals surface area contributed by atoms with Crippen molar-refractivity contribution in [2.24, 2.45) is 0 Å². The molecule has 1 aliphatic carbocycles. The third-order valence-electron chi connectivity index (χ3n) is 6.12. The van der Waals surface area contributed by atoms with Gasteiger partial charge in [-0.3, -0.25) is 9.59 Å². The van der Waals surface area contributed by atoms with Gasteiger partial charge < -0.3 is 39.7 Å². The zero-order chi connectivity index (χ0) is 27.7. The Balaban J connectivity index is 2.02. The highest BCUT2D eigenvalue weighted by Gasteiger charge is 2.41. The van der Waals surface area contributed by atoms with Gasteiger partial charge in [0, 0.05) is 32.2 Å². The molecule has 206 valence electrons. The fourth-order valence-corrected chi connectivity index (χ4v) is 5.06. The summed E-state index contributed by atoms with van der Waals surface area (Å²) >= 11 is 2.05. The second kappa shape index (κ2) is 14.4. The zero-order valence-electron chi connectivity index (χ0n) is 21.3. The number of aliphatic hydroxyl groups excluding tert-OH is 3. The fraction of sp³-hybridized carbons (Fsp3) is 0.407. The van der Waals surface area contributed by atoms with Crippen LogP contribution in [-0.4, -0.2) is 84.3 Å². The molecule has 0 bridgehead atoms. The first-order valence-corrected chi connectivity index (χ1v) is 13.1. The molecule has 2 aromatic carbocycles. The second-order valence-corrected chi connectivity index (χ2v) is 9.89. The second-order valence-electron chi connectivity index (χ2n) is 8.72. The van der Waals surface area contributed by atoms with Gasteiger partial charge in [0.1, 0.15) is 18.8 Å². The van der Waals surface area contributed by atoms with Crippen molar-refractivity contribution in [3.05, 3.63) is 68.8 Å². The third kappa shape index (κ3) is 7.44. The molecule has 0 saturated carbocycles. The maximum absolute atomic E-state index is 13.2. The molecule has 2 amide bonds. The third-order valence-corrected chi connectivity index (χ3v) is 6.93. The van der Waals surface area contributed by atoms with E-state index in [2.05, 4.69) is 5.32 Å². The molecule has 0 heterocycles. The van der Waals surface area contributed by atoms with E-state index in [0.717, 1.165) is 5.56 Å². The van der Waals surface area contributed by atoms with Crippen LogP contribution >= 0.6 is 22.6 Å². The lowest BCUT2D eigenvalue weighted by molar-refractivity contribution is -0.143. The lowest BCUT2D eigenvalue weighted by Crippen LogP contribution is -2.55. The standard InChI is InChI=1S/C27H33IN2O8/c1-36-16-24(33)30(14-17-6-4-3-5-7-17)21-12-19(27(35)29-8-9-31)13-22(25(21)34)38-26-20(28)10-18(15-32)11-23(26)37-2/h3-7,10-11,13,21-22,25,31-32,34H,8-9,12,14-16H2,1-2H3,(H,29,35). The molecule has 4 N–H and O–H groups in total. The highest BCUT2D eigenvalue weighted by atomic mass is 127. The quantitative estimate of drug-likeness (QED) is 0.256. The number of nitrogens with one attached hydrogen (secondary N) is 1. The van der Waals surface area contributed by atoms with Crippen LogP contribution < -0.4 is 14.8 Å². The molecular formula is C27H33IN2O8. The van der Waals surface area contributed by atoms with Gasteiger partial charge >= 0.3 is 0 Å². The highest BCUT2D eigenvalue weighted by molar-refractivity contribution is 14.1. The molecule has 1 aliphatic rings. The average molecular weight is 640 g/mol. The molecule has 3 unspecified atom stereocenters. The van der Waals surface area contributed by atoms with Gasteiger partial charge in [-0.05, 0) is 51.9 Å². The van der Waals surface area contributed by atoms with Crippen LogP contribution in [0.1, 0.15) is 17.5 Å². The van der Waals surface area contributed by atoms with E-state index in [1.165, 1.54) is 25.2 Å². The van der Waals surface area contributed by atoms with Crippen molar-refractivity contribution in [3.63, 3.8) is 0 Å². The molecule has 0 spiro atoms. The van der Waals surface area contributed by atoms with E-state index in [1.807, 2.05) is 52.9 Å². The molecule has 3 rings (SSSR count). The molecule has 0 fully saturated rings. The Bertz CT molecular complexity index is 1130. The summed E-state index contributed by atoms with van der Waals surface area (Å²) in [6, 6.07) is 11.9. The lowest BCUT2D eigenvalue weighted by atomic mass is 9.87. The summed E-state index contributed by atoms with van der Waals surface area (Å²) in [5.74, 6) is -0.0953. The summed E-state index contributed by atoms with van der Waals surface area (Å²) < 4.78 is 17.4. The number of carbonyl (C=O) groups is 2. The molecule has 2 aromatic rings. The Morgan fingerprint density at radius 2 is 1.87 bits per heavy atom. The smallest absolute Gasteiger partial charge is 0.249 e. The van der Waals surface area contributed by atoms with E-state index in [0.29, 0.717) is 26.2 Å². The Morgan fingerprint density at radius 3 is 2.50 bits per heavy atom. The minimum atomic E-state index is -1.20. The van der Waals surface area contributed by atoms with Gasteiger partial charge in [-0.1, -0.05) is 30.3 Å². The summed E-state index contributed by atoms with van der Waals surface area (Å²) in [5, 5.41) is 32.9. The van der Waals surface area contributed by atoms with Crippen LogP contribution in [0.25, 0.3) is 0 Å². The van der Waals surface area contributed by atoms with Crippen LogP contribution in [0, 0.1) is 3.57 Å². The number of rotatable bonds is 12. The van der Waals surface area contributed by atoms with Gasteiger partial charge in [-0.2, -0.15) is 0 Å². The summed E-state index contributed by atoms with van der Waals surface area (Å²) in [4.78, 5) is 27.6. The Labute approximate surface area is 235 Å². The van der Waals surface area contributed by atoms with Gasteiger partial charge in [-0.25, -0.2) is 0 Å². The normalized spacial score (nSPS) is 18.9. The van der Waals surface area contributed by atoms with Crippen LogP contribution in [0.5, 0.6) is 11.5 Å². The number of methoxy groups -OCH3 is 2.